The number of aromatic amines is 1. The van der Waals surface area contributed by atoms with Crippen molar-refractivity contribution in [3.05, 3.63) is 82.5 Å². The van der Waals surface area contributed by atoms with E-state index in [0.29, 0.717) is 12.2 Å². The molecule has 0 aliphatic carbocycles. The maximum absolute atomic E-state index is 11.2. The summed E-state index contributed by atoms with van der Waals surface area (Å²) in [6, 6.07) is 17.2. The summed E-state index contributed by atoms with van der Waals surface area (Å²) in [5.41, 5.74) is 0.733. The topological polar surface area (TPSA) is 67.9 Å². The molecule has 0 spiro atoms. The minimum atomic E-state index is -0.253. The molecule has 3 aromatic rings. The van der Waals surface area contributed by atoms with E-state index in [-0.39, 0.29) is 5.56 Å². The van der Waals surface area contributed by atoms with Crippen molar-refractivity contribution in [2.24, 2.45) is 0 Å². The summed E-state index contributed by atoms with van der Waals surface area (Å²) >= 11 is 0. The fourth-order valence-electron chi connectivity index (χ4n) is 1.97. The number of aromatic nitrogens is 3. The molecule has 0 amide bonds. The zero-order valence-corrected chi connectivity index (χ0v) is 11.2. The van der Waals surface area contributed by atoms with Gasteiger partial charge in [0.2, 0.25) is 0 Å². The molecule has 0 unspecified atom stereocenters. The monoisotopic (exact) mass is 279 g/mol. The van der Waals surface area contributed by atoms with Gasteiger partial charge in [-0.2, -0.15) is 5.10 Å². The molecule has 1 heterocycles. The van der Waals surface area contributed by atoms with Gasteiger partial charge in [0.25, 0.3) is 5.56 Å². The molecule has 1 aromatic heterocycles. The molecular weight excluding hydrogens is 266 g/mol. The number of nitrogens with one attached hydrogen (secondary N) is 1. The van der Waals surface area contributed by atoms with Gasteiger partial charge in [0, 0.05) is 6.42 Å². The van der Waals surface area contributed by atoms with Crippen LogP contribution in [0, 0.1) is 0 Å². The third-order valence-electron chi connectivity index (χ3n) is 2.87. The van der Waals surface area contributed by atoms with Crippen LogP contribution in [0.1, 0.15) is 11.4 Å². The van der Waals surface area contributed by atoms with Crippen LogP contribution in [0.15, 0.2) is 65.6 Å². The second-order valence-electron chi connectivity index (χ2n) is 4.52. The number of H-pyrrole nitrogens is 1. The Morgan fingerprint density at radius 1 is 1.00 bits per heavy atom. The van der Waals surface area contributed by atoms with Gasteiger partial charge in [0.05, 0.1) is 0 Å². The number of ether oxygens (including phenoxy) is 1. The molecule has 2 aromatic carbocycles. The second-order valence-corrected chi connectivity index (χ2v) is 4.52. The van der Waals surface area contributed by atoms with Gasteiger partial charge >= 0.3 is 0 Å². The largest absolute Gasteiger partial charge is 0.457 e. The van der Waals surface area contributed by atoms with Crippen molar-refractivity contribution in [3.8, 4) is 11.5 Å². The van der Waals surface area contributed by atoms with Gasteiger partial charge in [-0.1, -0.05) is 30.3 Å². The average Bonchev–Trinajstić information content (AvgIpc) is 2.49. The van der Waals surface area contributed by atoms with Crippen LogP contribution in [0.25, 0.3) is 0 Å². The fraction of sp³-hybridized carbons (Fsp3) is 0.0625. The van der Waals surface area contributed by atoms with Crippen molar-refractivity contribution in [2.75, 3.05) is 0 Å². The summed E-state index contributed by atoms with van der Waals surface area (Å²) in [5, 5.41) is 7.55. The molecule has 0 atom stereocenters. The normalized spacial score (nSPS) is 10.3. The molecule has 3 rings (SSSR count). The van der Waals surface area contributed by atoms with E-state index in [1.165, 1.54) is 0 Å². The highest BCUT2D eigenvalue weighted by Gasteiger charge is 2.02. The first kappa shape index (κ1) is 13.1. The summed E-state index contributed by atoms with van der Waals surface area (Å²) in [7, 11) is 0. The summed E-state index contributed by atoms with van der Waals surface area (Å²) in [4.78, 5) is 13.9. The standard InChI is InChI=1S/C16H13N3O2/c20-16-11-17-19-15(18-16)10-12-5-4-8-14(9-12)21-13-6-2-1-3-7-13/h1-9,11H,10H2,(H,18,19,20). The van der Waals surface area contributed by atoms with Crippen LogP contribution in [0.4, 0.5) is 0 Å². The molecule has 104 valence electrons. The number of hydrogen-bond acceptors (Lipinski definition) is 4. The van der Waals surface area contributed by atoms with Crippen LogP contribution in [-0.4, -0.2) is 15.2 Å². The van der Waals surface area contributed by atoms with Crippen LogP contribution in [0.3, 0.4) is 0 Å². The highest BCUT2D eigenvalue weighted by Crippen LogP contribution is 2.22. The Balaban J connectivity index is 1.78. The van der Waals surface area contributed by atoms with E-state index in [1.807, 2.05) is 54.6 Å². The Morgan fingerprint density at radius 3 is 2.62 bits per heavy atom. The lowest BCUT2D eigenvalue weighted by Crippen LogP contribution is -2.11. The van der Waals surface area contributed by atoms with E-state index < -0.39 is 0 Å². The number of benzene rings is 2. The van der Waals surface area contributed by atoms with Crippen molar-refractivity contribution < 1.29 is 4.74 Å². The van der Waals surface area contributed by atoms with Crippen LogP contribution in [-0.2, 0) is 6.42 Å². The van der Waals surface area contributed by atoms with E-state index in [4.69, 9.17) is 4.74 Å². The Labute approximate surface area is 121 Å². The molecular formula is C16H13N3O2. The van der Waals surface area contributed by atoms with Crippen LogP contribution in [0.5, 0.6) is 11.5 Å². The van der Waals surface area contributed by atoms with Crippen LogP contribution < -0.4 is 10.3 Å². The molecule has 0 fully saturated rings. The first-order valence-corrected chi connectivity index (χ1v) is 6.52. The van der Waals surface area contributed by atoms with Crippen LogP contribution in [0.2, 0.25) is 0 Å². The zero-order chi connectivity index (χ0) is 14.5. The molecule has 0 aliphatic rings. The van der Waals surface area contributed by atoms with Gasteiger partial charge < -0.3 is 9.72 Å². The van der Waals surface area contributed by atoms with Gasteiger partial charge in [-0.25, -0.2) is 0 Å². The Hall–Kier alpha value is -2.95. The van der Waals surface area contributed by atoms with Gasteiger partial charge in [-0.15, -0.1) is 5.10 Å². The third kappa shape index (κ3) is 3.54. The maximum atomic E-state index is 11.2. The number of para-hydroxylation sites is 1. The van der Waals surface area contributed by atoms with Crippen molar-refractivity contribution in [1.82, 2.24) is 15.2 Å². The van der Waals surface area contributed by atoms with Gasteiger partial charge in [-0.3, -0.25) is 4.79 Å². The molecule has 0 aliphatic heterocycles. The minimum Gasteiger partial charge on any atom is -0.457 e. The first-order valence-electron chi connectivity index (χ1n) is 6.52. The molecule has 0 saturated heterocycles. The molecule has 0 saturated carbocycles. The Kier molecular flexibility index (Phi) is 3.73. The Morgan fingerprint density at radius 2 is 1.81 bits per heavy atom. The highest BCUT2D eigenvalue weighted by molar-refractivity contribution is 5.34. The van der Waals surface area contributed by atoms with E-state index in [0.717, 1.165) is 23.3 Å². The summed E-state index contributed by atoms with van der Waals surface area (Å²) < 4.78 is 5.77. The fourth-order valence-corrected chi connectivity index (χ4v) is 1.97. The minimum absolute atomic E-state index is 0.253. The van der Waals surface area contributed by atoms with Gasteiger partial charge in [-0.05, 0) is 29.8 Å². The lowest BCUT2D eigenvalue weighted by molar-refractivity contribution is 0.482. The van der Waals surface area contributed by atoms with E-state index in [2.05, 4.69) is 15.2 Å². The van der Waals surface area contributed by atoms with E-state index in [1.54, 1.807) is 0 Å². The third-order valence-corrected chi connectivity index (χ3v) is 2.87. The van der Waals surface area contributed by atoms with Crippen molar-refractivity contribution >= 4 is 0 Å². The SMILES string of the molecule is O=c1cnnc(Cc2cccc(Oc3ccccc3)c2)[nH]1. The van der Waals surface area contributed by atoms with Crippen molar-refractivity contribution in [3.63, 3.8) is 0 Å². The molecule has 5 heteroatoms. The van der Waals surface area contributed by atoms with Gasteiger partial charge in [0.15, 0.2) is 0 Å². The molecule has 5 nitrogen and oxygen atoms in total. The van der Waals surface area contributed by atoms with Gasteiger partial charge in [0.1, 0.15) is 23.5 Å². The lowest BCUT2D eigenvalue weighted by Gasteiger charge is -2.07. The summed E-state index contributed by atoms with van der Waals surface area (Å²) in [6.45, 7) is 0. The van der Waals surface area contributed by atoms with Crippen molar-refractivity contribution in [1.29, 1.82) is 0 Å². The van der Waals surface area contributed by atoms with E-state index >= 15 is 0 Å². The van der Waals surface area contributed by atoms with Crippen LogP contribution >= 0.6 is 0 Å². The number of rotatable bonds is 4. The average molecular weight is 279 g/mol. The molecule has 0 radical (unpaired) electrons. The molecule has 0 bridgehead atoms. The highest BCUT2D eigenvalue weighted by atomic mass is 16.5. The Bertz CT molecular complexity index is 785. The predicted molar refractivity (Wildman–Crippen MR) is 78.4 cm³/mol. The quantitative estimate of drug-likeness (QED) is 0.797. The second kappa shape index (κ2) is 6.00. The van der Waals surface area contributed by atoms with E-state index in [9.17, 15) is 4.79 Å². The lowest BCUT2D eigenvalue weighted by atomic mass is 10.1. The smallest absolute Gasteiger partial charge is 0.269 e. The molecule has 1 N–H and O–H groups in total. The molecule has 21 heavy (non-hydrogen) atoms. The summed E-state index contributed by atoms with van der Waals surface area (Å²) in [5.74, 6) is 2.05. The van der Waals surface area contributed by atoms with Crippen molar-refractivity contribution in [2.45, 2.75) is 6.42 Å². The number of nitrogens with zero attached hydrogens (tertiary/aromatic N) is 2. The predicted octanol–water partition coefficient (Wildman–Crippen LogP) is 2.55. The summed E-state index contributed by atoms with van der Waals surface area (Å²) in [6.07, 6.45) is 1.65. The number of hydrogen-bond donors (Lipinski definition) is 1. The zero-order valence-electron chi connectivity index (χ0n) is 11.2. The first-order chi connectivity index (χ1) is 10.3. The maximum Gasteiger partial charge on any atom is 0.269 e.